The Morgan fingerprint density at radius 2 is 2.22 bits per heavy atom. The van der Waals surface area contributed by atoms with E-state index in [-0.39, 0.29) is 6.04 Å². The number of hydrogen-bond donors (Lipinski definition) is 2. The Morgan fingerprint density at radius 3 is 2.89 bits per heavy atom. The number of ether oxygens (including phenoxy) is 1. The van der Waals surface area contributed by atoms with E-state index >= 15 is 0 Å². The van der Waals surface area contributed by atoms with E-state index in [1.807, 2.05) is 24.4 Å². The number of nitrogens with zero attached hydrogens (tertiary/aromatic N) is 1. The molecule has 1 heterocycles. The Balaban J connectivity index is 2.02. The predicted molar refractivity (Wildman–Crippen MR) is 71.5 cm³/mol. The van der Waals surface area contributed by atoms with Crippen molar-refractivity contribution < 1.29 is 4.74 Å². The maximum absolute atomic E-state index is 5.34. The van der Waals surface area contributed by atoms with Crippen LogP contribution >= 0.6 is 0 Å². The van der Waals surface area contributed by atoms with E-state index in [1.54, 1.807) is 13.3 Å². The van der Waals surface area contributed by atoms with Gasteiger partial charge in [0.05, 0.1) is 13.2 Å². The Labute approximate surface area is 107 Å². The molecule has 1 unspecified atom stereocenters. The Bertz CT molecular complexity index is 468. The van der Waals surface area contributed by atoms with E-state index in [1.165, 1.54) is 0 Å². The first-order valence-electron chi connectivity index (χ1n) is 6.19. The normalized spacial score (nSPS) is 12.3. The third-order valence-electron chi connectivity index (χ3n) is 2.99. The highest BCUT2D eigenvalue weighted by atomic mass is 16.5. The second kappa shape index (κ2) is 6.21. The first kappa shape index (κ1) is 12.6. The van der Waals surface area contributed by atoms with Crippen molar-refractivity contribution in [3.05, 3.63) is 48.0 Å². The van der Waals surface area contributed by atoms with Crippen LogP contribution in [0.3, 0.4) is 0 Å². The number of hydrogen-bond acceptors (Lipinski definition) is 3. The zero-order valence-electron chi connectivity index (χ0n) is 10.8. The average molecular weight is 245 g/mol. The van der Waals surface area contributed by atoms with Gasteiger partial charge in [-0.1, -0.05) is 25.1 Å². The van der Waals surface area contributed by atoms with E-state index < -0.39 is 0 Å². The molecule has 4 nitrogen and oxygen atoms in total. The Kier molecular flexibility index (Phi) is 4.36. The number of aromatic nitrogens is 2. The molecule has 2 rings (SSSR count). The van der Waals surface area contributed by atoms with Crippen LogP contribution in [0.25, 0.3) is 0 Å². The molecule has 18 heavy (non-hydrogen) atoms. The van der Waals surface area contributed by atoms with Gasteiger partial charge in [-0.15, -0.1) is 0 Å². The van der Waals surface area contributed by atoms with Crippen molar-refractivity contribution in [2.45, 2.75) is 25.9 Å². The molecule has 0 bridgehead atoms. The molecule has 2 N–H and O–H groups in total. The smallest absolute Gasteiger partial charge is 0.123 e. The zero-order chi connectivity index (χ0) is 12.8. The number of H-pyrrole nitrogens is 1. The zero-order valence-corrected chi connectivity index (χ0v) is 10.8. The van der Waals surface area contributed by atoms with Crippen molar-refractivity contribution in [3.8, 4) is 5.75 Å². The van der Waals surface area contributed by atoms with E-state index in [2.05, 4.69) is 28.3 Å². The monoisotopic (exact) mass is 245 g/mol. The van der Waals surface area contributed by atoms with Gasteiger partial charge in [-0.2, -0.15) is 0 Å². The van der Waals surface area contributed by atoms with Gasteiger partial charge in [0.25, 0.3) is 0 Å². The summed E-state index contributed by atoms with van der Waals surface area (Å²) in [5.74, 6) is 1.90. The highest BCUT2D eigenvalue weighted by molar-refractivity contribution is 5.33. The van der Waals surface area contributed by atoms with Gasteiger partial charge in [0.15, 0.2) is 0 Å². The van der Waals surface area contributed by atoms with E-state index in [0.717, 1.165) is 30.1 Å². The number of imidazole rings is 1. The molecule has 0 aliphatic rings. The van der Waals surface area contributed by atoms with Crippen molar-refractivity contribution in [2.75, 3.05) is 7.11 Å². The molecule has 0 saturated heterocycles. The maximum Gasteiger partial charge on any atom is 0.123 e. The van der Waals surface area contributed by atoms with Crippen LogP contribution < -0.4 is 10.1 Å². The van der Waals surface area contributed by atoms with Crippen LogP contribution in [0.4, 0.5) is 0 Å². The standard InChI is InChI=1S/C14H19N3O/c1-3-12(14-15-8-9-16-14)17-10-11-6-4-5-7-13(11)18-2/h4-9,12,17H,3,10H2,1-2H3,(H,15,16). The molecule has 0 radical (unpaired) electrons. The summed E-state index contributed by atoms with van der Waals surface area (Å²) in [6.07, 6.45) is 4.62. The molecular formula is C14H19N3O. The molecule has 0 saturated carbocycles. The maximum atomic E-state index is 5.34. The SMILES string of the molecule is CCC(NCc1ccccc1OC)c1ncc[nH]1. The van der Waals surface area contributed by atoms with Gasteiger partial charge in [-0.25, -0.2) is 4.98 Å². The first-order valence-corrected chi connectivity index (χ1v) is 6.19. The third kappa shape index (κ3) is 2.90. The molecule has 0 amide bonds. The minimum Gasteiger partial charge on any atom is -0.496 e. The van der Waals surface area contributed by atoms with E-state index in [9.17, 15) is 0 Å². The predicted octanol–water partition coefficient (Wildman–Crippen LogP) is 2.66. The summed E-state index contributed by atoms with van der Waals surface area (Å²) in [5, 5.41) is 3.49. The van der Waals surface area contributed by atoms with Crippen LogP contribution in [0.1, 0.15) is 30.8 Å². The van der Waals surface area contributed by atoms with Gasteiger partial charge in [0.1, 0.15) is 11.6 Å². The lowest BCUT2D eigenvalue weighted by Crippen LogP contribution is -2.21. The van der Waals surface area contributed by atoms with Crippen molar-refractivity contribution in [1.29, 1.82) is 0 Å². The second-order valence-electron chi connectivity index (χ2n) is 4.13. The summed E-state index contributed by atoms with van der Waals surface area (Å²) in [6.45, 7) is 2.91. The average Bonchev–Trinajstić information content (AvgIpc) is 2.94. The van der Waals surface area contributed by atoms with Crippen molar-refractivity contribution >= 4 is 0 Å². The topological polar surface area (TPSA) is 49.9 Å². The molecule has 1 atom stereocenters. The van der Waals surface area contributed by atoms with Crippen LogP contribution in [0, 0.1) is 0 Å². The Morgan fingerprint density at radius 1 is 1.39 bits per heavy atom. The lowest BCUT2D eigenvalue weighted by atomic mass is 10.1. The summed E-state index contributed by atoms with van der Waals surface area (Å²) >= 11 is 0. The van der Waals surface area contributed by atoms with Crippen molar-refractivity contribution in [3.63, 3.8) is 0 Å². The number of methoxy groups -OCH3 is 1. The molecule has 2 aromatic rings. The summed E-state index contributed by atoms with van der Waals surface area (Å²) in [6, 6.07) is 8.29. The third-order valence-corrected chi connectivity index (χ3v) is 2.99. The van der Waals surface area contributed by atoms with Gasteiger partial charge in [-0.05, 0) is 12.5 Å². The first-order chi connectivity index (χ1) is 8.85. The second-order valence-corrected chi connectivity index (χ2v) is 4.13. The largest absolute Gasteiger partial charge is 0.496 e. The number of benzene rings is 1. The number of rotatable bonds is 6. The Hall–Kier alpha value is -1.81. The molecule has 0 spiro atoms. The van der Waals surface area contributed by atoms with Crippen LogP contribution in [-0.4, -0.2) is 17.1 Å². The van der Waals surface area contributed by atoms with Crippen LogP contribution in [-0.2, 0) is 6.54 Å². The van der Waals surface area contributed by atoms with Crippen LogP contribution in [0.15, 0.2) is 36.7 Å². The molecule has 0 aliphatic heterocycles. The van der Waals surface area contributed by atoms with Gasteiger partial charge in [0.2, 0.25) is 0 Å². The minimum absolute atomic E-state index is 0.241. The molecule has 1 aromatic heterocycles. The number of nitrogens with one attached hydrogen (secondary N) is 2. The molecule has 0 fully saturated rings. The fraction of sp³-hybridized carbons (Fsp3) is 0.357. The summed E-state index contributed by atoms with van der Waals surface area (Å²) in [4.78, 5) is 7.44. The highest BCUT2D eigenvalue weighted by Crippen LogP contribution is 2.19. The molecular weight excluding hydrogens is 226 g/mol. The van der Waals surface area contributed by atoms with E-state index in [4.69, 9.17) is 4.74 Å². The van der Waals surface area contributed by atoms with Crippen LogP contribution in [0.2, 0.25) is 0 Å². The minimum atomic E-state index is 0.241. The lowest BCUT2D eigenvalue weighted by molar-refractivity contribution is 0.403. The van der Waals surface area contributed by atoms with Gasteiger partial charge in [-0.3, -0.25) is 0 Å². The summed E-state index contributed by atoms with van der Waals surface area (Å²) in [7, 11) is 1.70. The van der Waals surface area contributed by atoms with Gasteiger partial charge >= 0.3 is 0 Å². The van der Waals surface area contributed by atoms with E-state index in [0.29, 0.717) is 0 Å². The number of para-hydroxylation sites is 1. The van der Waals surface area contributed by atoms with Gasteiger partial charge in [0, 0.05) is 24.5 Å². The summed E-state index contributed by atoms with van der Waals surface area (Å²) < 4.78 is 5.34. The van der Waals surface area contributed by atoms with Crippen molar-refractivity contribution in [1.82, 2.24) is 15.3 Å². The van der Waals surface area contributed by atoms with Crippen LogP contribution in [0.5, 0.6) is 5.75 Å². The highest BCUT2D eigenvalue weighted by Gasteiger charge is 2.11. The number of aromatic amines is 1. The van der Waals surface area contributed by atoms with Crippen molar-refractivity contribution in [2.24, 2.45) is 0 Å². The molecule has 1 aromatic carbocycles. The molecule has 96 valence electrons. The molecule has 0 aliphatic carbocycles. The summed E-state index contributed by atoms with van der Waals surface area (Å²) in [5.41, 5.74) is 1.16. The fourth-order valence-corrected chi connectivity index (χ4v) is 1.98. The fourth-order valence-electron chi connectivity index (χ4n) is 1.98. The quantitative estimate of drug-likeness (QED) is 0.822. The van der Waals surface area contributed by atoms with Gasteiger partial charge < -0.3 is 15.0 Å². The lowest BCUT2D eigenvalue weighted by Gasteiger charge is -2.16. The molecule has 4 heteroatoms.